The van der Waals surface area contributed by atoms with E-state index in [9.17, 15) is 0 Å². The van der Waals surface area contributed by atoms with Gasteiger partial charge in [-0.25, -0.2) is 4.98 Å². The van der Waals surface area contributed by atoms with E-state index >= 15 is 0 Å². The van der Waals surface area contributed by atoms with Gasteiger partial charge < -0.3 is 9.41 Å². The Balaban J connectivity index is 2.61. The molecule has 0 spiro atoms. The molecule has 0 atom stereocenters. The maximum absolute atomic E-state index is 6.08. The Morgan fingerprint density at radius 2 is 2.00 bits per heavy atom. The van der Waals surface area contributed by atoms with Crippen LogP contribution < -0.4 is 0 Å². The van der Waals surface area contributed by atoms with Crippen LogP contribution in [0.2, 0.25) is 18.1 Å². The number of aryl methyl sites for hydroxylation is 1. The van der Waals surface area contributed by atoms with Gasteiger partial charge in [-0.05, 0) is 25.1 Å². The smallest absolute Gasteiger partial charge is 0.192 e. The minimum absolute atomic E-state index is 0.261. The molecule has 4 heteroatoms. The second-order valence-corrected chi connectivity index (χ2v) is 10.3. The first-order valence-electron chi connectivity index (χ1n) is 5.37. The lowest BCUT2D eigenvalue weighted by Gasteiger charge is -2.35. The zero-order valence-corrected chi connectivity index (χ0v) is 11.6. The highest BCUT2D eigenvalue weighted by atomic mass is 28.4. The topological polar surface area (TPSA) is 37.9 Å². The van der Waals surface area contributed by atoms with Crippen molar-refractivity contribution in [3.8, 4) is 0 Å². The highest BCUT2D eigenvalue weighted by Crippen LogP contribution is 2.36. The number of rotatable bonds is 3. The van der Waals surface area contributed by atoms with E-state index in [-0.39, 0.29) is 5.04 Å². The van der Waals surface area contributed by atoms with Crippen molar-refractivity contribution >= 4 is 8.32 Å². The molecule has 1 rings (SSSR count). The summed E-state index contributed by atoms with van der Waals surface area (Å²) in [5.74, 6) is 0. The van der Waals surface area contributed by atoms with E-state index in [1.807, 2.05) is 6.92 Å². The second-order valence-electron chi connectivity index (χ2n) is 5.52. The Hall–Kier alpha value is -0.613. The molecule has 0 saturated heterocycles. The number of H-pyrrole nitrogens is 1. The lowest BCUT2D eigenvalue weighted by Crippen LogP contribution is -2.40. The van der Waals surface area contributed by atoms with Crippen LogP contribution in [0.4, 0.5) is 0 Å². The Labute approximate surface area is 93.4 Å². The quantitative estimate of drug-likeness (QED) is 0.803. The Morgan fingerprint density at radius 3 is 2.40 bits per heavy atom. The summed E-state index contributed by atoms with van der Waals surface area (Å²) < 4.78 is 6.08. The fourth-order valence-electron chi connectivity index (χ4n) is 0.998. The van der Waals surface area contributed by atoms with Crippen LogP contribution in [0.5, 0.6) is 0 Å². The molecule has 0 amide bonds. The second kappa shape index (κ2) is 4.10. The highest BCUT2D eigenvalue weighted by molar-refractivity contribution is 6.74. The SMILES string of the molecule is Cc1[nH]cnc1CO[Si](C)(C)C(C)(C)C. The molecule has 0 saturated carbocycles. The van der Waals surface area contributed by atoms with Gasteiger partial charge in [0.2, 0.25) is 0 Å². The average Bonchev–Trinajstić information content (AvgIpc) is 2.46. The van der Waals surface area contributed by atoms with Crippen molar-refractivity contribution in [1.29, 1.82) is 0 Å². The van der Waals surface area contributed by atoms with E-state index in [0.717, 1.165) is 11.4 Å². The normalized spacial score (nSPS) is 13.2. The van der Waals surface area contributed by atoms with Gasteiger partial charge in [-0.15, -0.1) is 0 Å². The fraction of sp³-hybridized carbons (Fsp3) is 0.727. The van der Waals surface area contributed by atoms with E-state index in [4.69, 9.17) is 4.43 Å². The summed E-state index contributed by atoms with van der Waals surface area (Å²) in [6.07, 6.45) is 1.72. The van der Waals surface area contributed by atoms with E-state index in [1.54, 1.807) is 6.33 Å². The third-order valence-electron chi connectivity index (χ3n) is 3.31. The standard InChI is InChI=1S/C11H22N2OSi/c1-9-10(13-8-12-9)7-14-15(5,6)11(2,3)4/h8H,7H2,1-6H3,(H,12,13). The van der Waals surface area contributed by atoms with Crippen molar-refractivity contribution in [3.63, 3.8) is 0 Å². The number of aromatic amines is 1. The molecule has 0 aliphatic heterocycles. The van der Waals surface area contributed by atoms with Gasteiger partial charge in [0.25, 0.3) is 0 Å². The maximum Gasteiger partial charge on any atom is 0.192 e. The lowest BCUT2D eigenvalue weighted by atomic mass is 10.2. The summed E-state index contributed by atoms with van der Waals surface area (Å²) >= 11 is 0. The van der Waals surface area contributed by atoms with Crippen LogP contribution in [0.25, 0.3) is 0 Å². The van der Waals surface area contributed by atoms with Crippen molar-refractivity contribution in [2.75, 3.05) is 0 Å². The van der Waals surface area contributed by atoms with E-state index in [0.29, 0.717) is 6.61 Å². The molecule has 0 bridgehead atoms. The molecule has 1 heterocycles. The molecular formula is C11H22N2OSi. The summed E-state index contributed by atoms with van der Waals surface area (Å²) in [6, 6.07) is 0. The average molecular weight is 226 g/mol. The molecule has 1 aromatic heterocycles. The van der Waals surface area contributed by atoms with Gasteiger partial charge in [0, 0.05) is 5.69 Å². The van der Waals surface area contributed by atoms with Gasteiger partial charge in [0.05, 0.1) is 18.6 Å². The summed E-state index contributed by atoms with van der Waals surface area (Å²) in [5, 5.41) is 0.261. The molecule has 3 nitrogen and oxygen atoms in total. The summed E-state index contributed by atoms with van der Waals surface area (Å²) in [6.45, 7) is 13.9. The van der Waals surface area contributed by atoms with Crippen LogP contribution in [-0.2, 0) is 11.0 Å². The molecule has 0 aromatic carbocycles. The molecule has 0 aliphatic carbocycles. The Morgan fingerprint density at radius 1 is 1.40 bits per heavy atom. The van der Waals surface area contributed by atoms with Crippen LogP contribution in [-0.4, -0.2) is 18.3 Å². The maximum atomic E-state index is 6.08. The van der Waals surface area contributed by atoms with Gasteiger partial charge in [0.15, 0.2) is 8.32 Å². The predicted molar refractivity (Wildman–Crippen MR) is 65.3 cm³/mol. The van der Waals surface area contributed by atoms with Gasteiger partial charge in [-0.2, -0.15) is 0 Å². The molecule has 86 valence electrons. The van der Waals surface area contributed by atoms with Crippen molar-refractivity contribution in [1.82, 2.24) is 9.97 Å². The molecule has 15 heavy (non-hydrogen) atoms. The molecular weight excluding hydrogens is 204 g/mol. The van der Waals surface area contributed by atoms with Crippen molar-refractivity contribution in [3.05, 3.63) is 17.7 Å². The van der Waals surface area contributed by atoms with Crippen molar-refractivity contribution < 1.29 is 4.43 Å². The third-order valence-corrected chi connectivity index (χ3v) is 7.79. The molecule has 0 radical (unpaired) electrons. The zero-order valence-electron chi connectivity index (χ0n) is 10.6. The van der Waals surface area contributed by atoms with Crippen LogP contribution in [0.1, 0.15) is 32.2 Å². The first-order chi connectivity index (χ1) is 6.74. The van der Waals surface area contributed by atoms with Gasteiger partial charge in [0.1, 0.15) is 0 Å². The van der Waals surface area contributed by atoms with E-state index in [1.165, 1.54) is 0 Å². The third kappa shape index (κ3) is 2.92. The number of hydrogen-bond donors (Lipinski definition) is 1. The van der Waals surface area contributed by atoms with Crippen LogP contribution >= 0.6 is 0 Å². The predicted octanol–water partition coefficient (Wildman–Crippen LogP) is 3.24. The fourth-order valence-corrected chi connectivity index (χ4v) is 1.93. The molecule has 1 N–H and O–H groups in total. The minimum atomic E-state index is -1.64. The summed E-state index contributed by atoms with van der Waals surface area (Å²) in [5.41, 5.74) is 2.13. The van der Waals surface area contributed by atoms with E-state index in [2.05, 4.69) is 43.8 Å². The van der Waals surface area contributed by atoms with Crippen molar-refractivity contribution in [2.24, 2.45) is 0 Å². The molecule has 0 aliphatic rings. The number of aromatic nitrogens is 2. The molecule has 0 fully saturated rings. The monoisotopic (exact) mass is 226 g/mol. The number of nitrogens with one attached hydrogen (secondary N) is 1. The number of nitrogens with zero attached hydrogens (tertiary/aromatic N) is 1. The van der Waals surface area contributed by atoms with Crippen LogP contribution in [0.15, 0.2) is 6.33 Å². The highest BCUT2D eigenvalue weighted by Gasteiger charge is 2.37. The van der Waals surface area contributed by atoms with Gasteiger partial charge in [-0.1, -0.05) is 20.8 Å². The summed E-state index contributed by atoms with van der Waals surface area (Å²) in [7, 11) is -1.64. The molecule has 1 aromatic rings. The first kappa shape index (κ1) is 12.5. The minimum Gasteiger partial charge on any atom is -0.411 e. The largest absolute Gasteiger partial charge is 0.411 e. The number of hydrogen-bond acceptors (Lipinski definition) is 2. The lowest BCUT2D eigenvalue weighted by molar-refractivity contribution is 0.272. The summed E-state index contributed by atoms with van der Waals surface area (Å²) in [4.78, 5) is 7.31. The zero-order chi connectivity index (χ0) is 11.7. The number of imidazole rings is 1. The first-order valence-corrected chi connectivity index (χ1v) is 8.28. The van der Waals surface area contributed by atoms with Crippen LogP contribution in [0, 0.1) is 6.92 Å². The Bertz CT molecular complexity index is 326. The Kier molecular flexibility index (Phi) is 3.40. The van der Waals surface area contributed by atoms with Crippen molar-refractivity contribution in [2.45, 2.75) is 52.4 Å². The molecule has 0 unspecified atom stereocenters. The van der Waals surface area contributed by atoms with E-state index < -0.39 is 8.32 Å². The van der Waals surface area contributed by atoms with Crippen LogP contribution in [0.3, 0.4) is 0 Å². The van der Waals surface area contributed by atoms with Gasteiger partial charge >= 0.3 is 0 Å². The van der Waals surface area contributed by atoms with Gasteiger partial charge in [-0.3, -0.25) is 0 Å².